The van der Waals surface area contributed by atoms with Crippen molar-refractivity contribution in [2.75, 3.05) is 12.0 Å². The standard InChI is InChI=1S/C12H16F3N3O/c1-7(2)6-17-11(19)8-3-4-10(18-16)9(5-8)12(13,14)15/h3-5,7,18H,6,16H2,1-2H3,(H,17,19). The Morgan fingerprint density at radius 1 is 1.37 bits per heavy atom. The quantitative estimate of drug-likeness (QED) is 0.584. The molecule has 1 aromatic rings. The summed E-state index contributed by atoms with van der Waals surface area (Å²) in [7, 11) is 0. The van der Waals surface area contributed by atoms with Gasteiger partial charge in [0.1, 0.15) is 0 Å². The van der Waals surface area contributed by atoms with Gasteiger partial charge in [0, 0.05) is 12.1 Å². The molecule has 1 amide bonds. The highest BCUT2D eigenvalue weighted by Crippen LogP contribution is 2.35. The van der Waals surface area contributed by atoms with Gasteiger partial charge in [-0.3, -0.25) is 10.6 Å². The van der Waals surface area contributed by atoms with Gasteiger partial charge in [-0.15, -0.1) is 0 Å². The van der Waals surface area contributed by atoms with Crippen LogP contribution in [0.5, 0.6) is 0 Å². The highest BCUT2D eigenvalue weighted by atomic mass is 19.4. The molecule has 0 atom stereocenters. The summed E-state index contributed by atoms with van der Waals surface area (Å²) >= 11 is 0. The Labute approximate surface area is 109 Å². The molecule has 0 aliphatic heterocycles. The van der Waals surface area contributed by atoms with Gasteiger partial charge < -0.3 is 10.7 Å². The van der Waals surface area contributed by atoms with Crippen molar-refractivity contribution >= 4 is 11.6 Å². The van der Waals surface area contributed by atoms with E-state index in [1.165, 1.54) is 6.07 Å². The number of anilines is 1. The molecule has 0 bridgehead atoms. The average Bonchev–Trinajstić information content (AvgIpc) is 2.34. The van der Waals surface area contributed by atoms with Crippen molar-refractivity contribution in [1.82, 2.24) is 5.32 Å². The fourth-order valence-corrected chi connectivity index (χ4v) is 1.44. The summed E-state index contributed by atoms with van der Waals surface area (Å²) in [6, 6.07) is 3.21. The number of hydrogen-bond acceptors (Lipinski definition) is 3. The van der Waals surface area contributed by atoms with E-state index in [-0.39, 0.29) is 17.2 Å². The predicted octanol–water partition coefficient (Wildman–Crippen LogP) is 2.38. The van der Waals surface area contributed by atoms with Gasteiger partial charge in [0.2, 0.25) is 0 Å². The minimum absolute atomic E-state index is 0.0491. The molecule has 106 valence electrons. The molecular weight excluding hydrogens is 259 g/mol. The van der Waals surface area contributed by atoms with Crippen molar-refractivity contribution in [3.05, 3.63) is 29.3 Å². The van der Waals surface area contributed by atoms with Gasteiger partial charge in [0.15, 0.2) is 0 Å². The SMILES string of the molecule is CC(C)CNC(=O)c1ccc(NN)c(C(F)(F)F)c1. The minimum atomic E-state index is -4.57. The van der Waals surface area contributed by atoms with Crippen LogP contribution in [-0.2, 0) is 6.18 Å². The van der Waals surface area contributed by atoms with E-state index in [0.29, 0.717) is 6.54 Å². The van der Waals surface area contributed by atoms with Gasteiger partial charge in [-0.2, -0.15) is 13.2 Å². The third-order valence-electron chi connectivity index (χ3n) is 2.41. The smallest absolute Gasteiger partial charge is 0.352 e. The fraction of sp³-hybridized carbons (Fsp3) is 0.417. The number of nitrogens with one attached hydrogen (secondary N) is 2. The number of hydrogen-bond donors (Lipinski definition) is 3. The fourth-order valence-electron chi connectivity index (χ4n) is 1.44. The Kier molecular flexibility index (Phi) is 4.77. The number of halogens is 3. The molecule has 4 N–H and O–H groups in total. The van der Waals surface area contributed by atoms with E-state index >= 15 is 0 Å². The Bertz CT molecular complexity index is 458. The van der Waals surface area contributed by atoms with E-state index in [2.05, 4.69) is 5.32 Å². The topological polar surface area (TPSA) is 67.2 Å². The molecule has 0 saturated heterocycles. The van der Waals surface area contributed by atoms with Crippen molar-refractivity contribution in [2.24, 2.45) is 11.8 Å². The van der Waals surface area contributed by atoms with Crippen molar-refractivity contribution in [1.29, 1.82) is 0 Å². The zero-order chi connectivity index (χ0) is 14.6. The number of carbonyl (C=O) groups is 1. The molecule has 7 heteroatoms. The van der Waals surface area contributed by atoms with Gasteiger partial charge in [0.05, 0.1) is 11.3 Å². The van der Waals surface area contributed by atoms with Crippen LogP contribution < -0.4 is 16.6 Å². The summed E-state index contributed by atoms with van der Waals surface area (Å²) in [5, 5.41) is 2.56. The van der Waals surface area contributed by atoms with Crippen LogP contribution in [0.4, 0.5) is 18.9 Å². The summed E-state index contributed by atoms with van der Waals surface area (Å²) in [6.45, 7) is 4.18. The lowest BCUT2D eigenvalue weighted by Crippen LogP contribution is -2.27. The van der Waals surface area contributed by atoms with Gasteiger partial charge in [-0.1, -0.05) is 13.8 Å². The highest BCUT2D eigenvalue weighted by Gasteiger charge is 2.34. The van der Waals surface area contributed by atoms with Crippen molar-refractivity contribution in [2.45, 2.75) is 20.0 Å². The third-order valence-corrected chi connectivity index (χ3v) is 2.41. The first kappa shape index (κ1) is 15.3. The summed E-state index contributed by atoms with van der Waals surface area (Å²) in [4.78, 5) is 11.7. The number of hydrazine groups is 1. The number of nitrogens with two attached hydrogens (primary N) is 1. The third kappa shape index (κ3) is 4.13. The first-order valence-electron chi connectivity index (χ1n) is 5.71. The molecule has 0 radical (unpaired) electrons. The van der Waals surface area contributed by atoms with E-state index in [9.17, 15) is 18.0 Å². The molecular formula is C12H16F3N3O. The highest BCUT2D eigenvalue weighted by molar-refractivity contribution is 5.95. The summed E-state index contributed by atoms with van der Waals surface area (Å²) in [5.41, 5.74) is 0.682. The monoisotopic (exact) mass is 275 g/mol. The second kappa shape index (κ2) is 5.92. The molecule has 0 aliphatic rings. The van der Waals surface area contributed by atoms with Crippen LogP contribution in [0.3, 0.4) is 0 Å². The first-order chi connectivity index (χ1) is 8.75. The van der Waals surface area contributed by atoms with Crippen molar-refractivity contribution < 1.29 is 18.0 Å². The number of benzene rings is 1. The molecule has 0 unspecified atom stereocenters. The van der Waals surface area contributed by atoms with Crippen LogP contribution in [0.15, 0.2) is 18.2 Å². The molecule has 4 nitrogen and oxygen atoms in total. The maximum atomic E-state index is 12.8. The second-order valence-corrected chi connectivity index (χ2v) is 4.51. The lowest BCUT2D eigenvalue weighted by molar-refractivity contribution is -0.137. The Balaban J connectivity index is 3.01. The number of alkyl halides is 3. The molecule has 0 aromatic heterocycles. The van der Waals surface area contributed by atoms with Gasteiger partial charge >= 0.3 is 6.18 Å². The first-order valence-corrected chi connectivity index (χ1v) is 5.71. The Morgan fingerprint density at radius 3 is 2.47 bits per heavy atom. The molecule has 0 saturated carbocycles. The Morgan fingerprint density at radius 2 is 2.00 bits per heavy atom. The summed E-state index contributed by atoms with van der Waals surface area (Å²) < 4.78 is 38.3. The largest absolute Gasteiger partial charge is 0.418 e. The van der Waals surface area contributed by atoms with Gasteiger partial charge in [-0.25, -0.2) is 0 Å². The molecule has 0 heterocycles. The van der Waals surface area contributed by atoms with Crippen LogP contribution in [0.2, 0.25) is 0 Å². The zero-order valence-electron chi connectivity index (χ0n) is 10.6. The minimum Gasteiger partial charge on any atom is -0.352 e. The maximum absolute atomic E-state index is 12.8. The predicted molar refractivity (Wildman–Crippen MR) is 66.4 cm³/mol. The van der Waals surface area contributed by atoms with E-state index in [4.69, 9.17) is 5.84 Å². The average molecular weight is 275 g/mol. The molecule has 19 heavy (non-hydrogen) atoms. The number of carbonyl (C=O) groups excluding carboxylic acids is 1. The zero-order valence-corrected chi connectivity index (χ0v) is 10.6. The van der Waals surface area contributed by atoms with Crippen LogP contribution in [-0.4, -0.2) is 12.5 Å². The van der Waals surface area contributed by atoms with Crippen LogP contribution in [0.25, 0.3) is 0 Å². The molecule has 0 aliphatic carbocycles. The van der Waals surface area contributed by atoms with Crippen LogP contribution in [0.1, 0.15) is 29.8 Å². The van der Waals surface area contributed by atoms with Crippen LogP contribution >= 0.6 is 0 Å². The van der Waals surface area contributed by atoms with E-state index < -0.39 is 17.6 Å². The molecule has 1 rings (SSSR count). The number of amides is 1. The van der Waals surface area contributed by atoms with Gasteiger partial charge in [0.25, 0.3) is 5.91 Å². The van der Waals surface area contributed by atoms with E-state index in [1.54, 1.807) is 0 Å². The van der Waals surface area contributed by atoms with Crippen LogP contribution in [0, 0.1) is 5.92 Å². The normalized spacial score (nSPS) is 11.5. The van der Waals surface area contributed by atoms with Crippen molar-refractivity contribution in [3.8, 4) is 0 Å². The lowest BCUT2D eigenvalue weighted by atomic mass is 10.1. The number of nitrogen functional groups attached to an aromatic ring is 1. The van der Waals surface area contributed by atoms with Gasteiger partial charge in [-0.05, 0) is 24.1 Å². The maximum Gasteiger partial charge on any atom is 0.418 e. The molecule has 1 aromatic carbocycles. The summed E-state index contributed by atoms with van der Waals surface area (Å²) in [6.07, 6.45) is -4.57. The van der Waals surface area contributed by atoms with E-state index in [0.717, 1.165) is 12.1 Å². The van der Waals surface area contributed by atoms with E-state index in [1.807, 2.05) is 19.3 Å². The molecule has 0 fully saturated rings. The Hall–Kier alpha value is -1.76. The lowest BCUT2D eigenvalue weighted by Gasteiger charge is -2.14. The van der Waals surface area contributed by atoms with Crippen molar-refractivity contribution in [3.63, 3.8) is 0 Å². The number of rotatable bonds is 4. The summed E-state index contributed by atoms with van der Waals surface area (Å²) in [5.74, 6) is 4.70. The second-order valence-electron chi connectivity index (χ2n) is 4.51. The molecule has 0 spiro atoms.